The Bertz CT molecular complexity index is 1170. The largest absolute Gasteiger partial charge is 0.478 e. The molecule has 2 aromatic carbocycles. The summed E-state index contributed by atoms with van der Waals surface area (Å²) < 4.78 is 2.93. The van der Waals surface area contributed by atoms with E-state index in [9.17, 15) is 24.6 Å². The summed E-state index contributed by atoms with van der Waals surface area (Å²) >= 11 is 0. The molecule has 0 amide bonds. The molecule has 0 fully saturated rings. The second kappa shape index (κ2) is 10.1. The fourth-order valence-corrected chi connectivity index (χ4v) is 3.96. The molecule has 3 aromatic rings. The number of carbonyl (C=O) groups is 2. The highest BCUT2D eigenvalue weighted by Gasteiger charge is 2.24. The average Bonchev–Trinajstić information content (AvgIpc) is 3.04. The van der Waals surface area contributed by atoms with Gasteiger partial charge in [-0.3, -0.25) is 9.13 Å². The van der Waals surface area contributed by atoms with Crippen molar-refractivity contribution in [2.45, 2.75) is 52.6 Å². The molecule has 0 radical (unpaired) electrons. The van der Waals surface area contributed by atoms with Crippen molar-refractivity contribution in [2.75, 3.05) is 0 Å². The van der Waals surface area contributed by atoms with Gasteiger partial charge in [0, 0.05) is 6.54 Å². The molecule has 2 N–H and O–H groups in total. The third-order valence-electron chi connectivity index (χ3n) is 5.51. The van der Waals surface area contributed by atoms with Crippen LogP contribution in [-0.4, -0.2) is 31.3 Å². The zero-order valence-corrected chi connectivity index (χ0v) is 18.4. The summed E-state index contributed by atoms with van der Waals surface area (Å²) in [6, 6.07) is 14.2. The lowest BCUT2D eigenvalue weighted by atomic mass is 9.99. The van der Waals surface area contributed by atoms with Crippen LogP contribution < -0.4 is 5.69 Å². The molecule has 1 heterocycles. The second-order valence-electron chi connectivity index (χ2n) is 7.77. The second-order valence-corrected chi connectivity index (χ2v) is 7.77. The van der Waals surface area contributed by atoms with E-state index in [-0.39, 0.29) is 23.5 Å². The van der Waals surface area contributed by atoms with Gasteiger partial charge in [-0.05, 0) is 42.0 Å². The molecule has 0 aliphatic heterocycles. The minimum Gasteiger partial charge on any atom is -0.478 e. The van der Waals surface area contributed by atoms with Gasteiger partial charge in [-0.2, -0.15) is 0 Å². The predicted octanol–water partition coefficient (Wildman–Crippen LogP) is 4.51. The van der Waals surface area contributed by atoms with E-state index < -0.39 is 11.9 Å². The molecule has 0 saturated carbocycles. The van der Waals surface area contributed by atoms with Crippen LogP contribution in [0.3, 0.4) is 0 Å². The van der Waals surface area contributed by atoms with E-state index in [1.165, 1.54) is 4.57 Å². The molecule has 0 saturated heterocycles. The Labute approximate surface area is 186 Å². The maximum Gasteiger partial charge on any atom is 0.354 e. The smallest absolute Gasteiger partial charge is 0.354 e. The van der Waals surface area contributed by atoms with Crippen LogP contribution in [0.15, 0.2) is 53.3 Å². The Morgan fingerprint density at radius 2 is 1.56 bits per heavy atom. The number of unbranched alkanes of at least 4 members (excludes halogenated alkanes) is 1. The molecular weight excluding hydrogens is 408 g/mol. The maximum atomic E-state index is 13.1. The van der Waals surface area contributed by atoms with Crippen molar-refractivity contribution in [3.05, 3.63) is 81.5 Å². The van der Waals surface area contributed by atoms with Gasteiger partial charge in [0.05, 0.1) is 17.8 Å². The van der Waals surface area contributed by atoms with Crippen LogP contribution in [0.4, 0.5) is 0 Å². The molecule has 0 spiro atoms. The highest BCUT2D eigenvalue weighted by molar-refractivity contribution is 5.96. The lowest BCUT2D eigenvalue weighted by Crippen LogP contribution is -2.26. The van der Waals surface area contributed by atoms with Gasteiger partial charge in [-0.1, -0.05) is 62.7 Å². The lowest BCUT2D eigenvalue weighted by Gasteiger charge is -2.10. The van der Waals surface area contributed by atoms with Crippen molar-refractivity contribution in [1.82, 2.24) is 9.13 Å². The van der Waals surface area contributed by atoms with Crippen molar-refractivity contribution in [3.63, 3.8) is 0 Å². The quantitative estimate of drug-likeness (QED) is 0.487. The van der Waals surface area contributed by atoms with Crippen molar-refractivity contribution >= 4 is 11.9 Å². The Hall–Kier alpha value is -3.61. The number of benzene rings is 2. The van der Waals surface area contributed by atoms with Crippen molar-refractivity contribution < 1.29 is 19.8 Å². The SMILES string of the molecule is CCCCc1c(C(=O)O)n(CCC)c(=O)n1Cc1ccc(-c2ccccc2C(=O)O)cc1. The normalized spacial score (nSPS) is 10.9. The summed E-state index contributed by atoms with van der Waals surface area (Å²) in [7, 11) is 0. The molecular formula is C25H28N2O5. The summed E-state index contributed by atoms with van der Waals surface area (Å²) in [5, 5.41) is 19.2. The van der Waals surface area contributed by atoms with Gasteiger partial charge in [0.25, 0.3) is 0 Å². The predicted molar refractivity (Wildman–Crippen MR) is 122 cm³/mol. The van der Waals surface area contributed by atoms with E-state index in [2.05, 4.69) is 0 Å². The third kappa shape index (κ3) is 4.66. The van der Waals surface area contributed by atoms with Gasteiger partial charge < -0.3 is 10.2 Å². The summed E-state index contributed by atoms with van der Waals surface area (Å²) in [6.07, 6.45) is 2.87. The summed E-state index contributed by atoms with van der Waals surface area (Å²) in [6.45, 7) is 4.56. The number of hydrogen-bond acceptors (Lipinski definition) is 3. The number of imidazole rings is 1. The standard InChI is InChI=1S/C25H28N2O5/c1-3-5-10-21-22(24(30)31)26(15-4-2)25(32)27(21)16-17-11-13-18(14-12-17)19-8-6-7-9-20(19)23(28)29/h6-9,11-14H,3-5,10,15-16H2,1-2H3,(H,28,29)(H,30,31). The van der Waals surface area contributed by atoms with Crippen LogP contribution in [0.2, 0.25) is 0 Å². The first-order chi connectivity index (χ1) is 15.4. The zero-order valence-electron chi connectivity index (χ0n) is 18.4. The van der Waals surface area contributed by atoms with E-state index in [0.717, 1.165) is 24.0 Å². The molecule has 32 heavy (non-hydrogen) atoms. The molecule has 0 aliphatic rings. The van der Waals surface area contributed by atoms with Crippen LogP contribution in [0.1, 0.15) is 65.2 Å². The molecule has 3 rings (SSSR count). The summed E-state index contributed by atoms with van der Waals surface area (Å²) in [5.41, 5.74) is 2.77. The van der Waals surface area contributed by atoms with Gasteiger partial charge in [-0.25, -0.2) is 14.4 Å². The number of rotatable bonds is 10. The summed E-state index contributed by atoms with van der Waals surface area (Å²) in [4.78, 5) is 36.6. The number of aromatic carboxylic acids is 2. The highest BCUT2D eigenvalue weighted by Crippen LogP contribution is 2.24. The fraction of sp³-hybridized carbons (Fsp3) is 0.320. The molecule has 7 heteroatoms. The van der Waals surface area contributed by atoms with E-state index in [1.54, 1.807) is 28.8 Å². The molecule has 0 unspecified atom stereocenters. The van der Waals surface area contributed by atoms with E-state index >= 15 is 0 Å². The van der Waals surface area contributed by atoms with E-state index in [4.69, 9.17) is 0 Å². The summed E-state index contributed by atoms with van der Waals surface area (Å²) in [5.74, 6) is -2.07. The molecule has 0 atom stereocenters. The van der Waals surface area contributed by atoms with E-state index in [0.29, 0.717) is 30.6 Å². The van der Waals surface area contributed by atoms with Crippen LogP contribution in [0.25, 0.3) is 11.1 Å². The van der Waals surface area contributed by atoms with Gasteiger partial charge >= 0.3 is 17.6 Å². The molecule has 0 bridgehead atoms. The third-order valence-corrected chi connectivity index (χ3v) is 5.51. The number of hydrogen-bond donors (Lipinski definition) is 2. The number of nitrogens with zero attached hydrogens (tertiary/aromatic N) is 2. The Morgan fingerprint density at radius 3 is 2.16 bits per heavy atom. The average molecular weight is 437 g/mol. The lowest BCUT2D eigenvalue weighted by molar-refractivity contribution is 0.0677. The van der Waals surface area contributed by atoms with Crippen LogP contribution in [0.5, 0.6) is 0 Å². The van der Waals surface area contributed by atoms with E-state index in [1.807, 2.05) is 38.1 Å². The molecule has 7 nitrogen and oxygen atoms in total. The van der Waals surface area contributed by atoms with Crippen LogP contribution >= 0.6 is 0 Å². The Balaban J connectivity index is 2.00. The first-order valence-electron chi connectivity index (χ1n) is 10.9. The number of carboxylic acids is 2. The minimum absolute atomic E-state index is 0.0808. The van der Waals surface area contributed by atoms with Crippen LogP contribution in [0, 0.1) is 0 Å². The first-order valence-corrected chi connectivity index (χ1v) is 10.9. The highest BCUT2D eigenvalue weighted by atomic mass is 16.4. The van der Waals surface area contributed by atoms with Gasteiger partial charge in [0.2, 0.25) is 0 Å². The van der Waals surface area contributed by atoms with Crippen molar-refractivity contribution in [2.24, 2.45) is 0 Å². The minimum atomic E-state index is -1.08. The molecule has 1 aromatic heterocycles. The Morgan fingerprint density at radius 1 is 0.875 bits per heavy atom. The Kier molecular flexibility index (Phi) is 7.30. The van der Waals surface area contributed by atoms with Crippen molar-refractivity contribution in [3.8, 4) is 11.1 Å². The molecule has 168 valence electrons. The fourth-order valence-electron chi connectivity index (χ4n) is 3.96. The first kappa shape index (κ1) is 23.1. The van der Waals surface area contributed by atoms with Gasteiger partial charge in [0.1, 0.15) is 0 Å². The van der Waals surface area contributed by atoms with Crippen molar-refractivity contribution in [1.29, 1.82) is 0 Å². The zero-order chi connectivity index (χ0) is 23.3. The maximum absolute atomic E-state index is 13.1. The molecule has 0 aliphatic carbocycles. The van der Waals surface area contributed by atoms with Gasteiger partial charge in [-0.15, -0.1) is 0 Å². The number of carboxylic acid groups (broad SMARTS) is 2. The topological polar surface area (TPSA) is 102 Å². The van der Waals surface area contributed by atoms with Crippen LogP contribution in [-0.2, 0) is 19.5 Å². The monoisotopic (exact) mass is 436 g/mol. The number of aromatic nitrogens is 2. The van der Waals surface area contributed by atoms with Gasteiger partial charge in [0.15, 0.2) is 5.69 Å².